The maximum Gasteiger partial charge on any atom is 0.267 e. The SMILES string of the molecule is CC(C)c1cc(S(=O)(=O)N(C)c2ccc3cc(C(=O)N(C)CCc4ccccc4)ccc3c2)c(O)c(O)c1O. The summed E-state index contributed by atoms with van der Waals surface area (Å²) in [4.78, 5) is 14.2. The highest BCUT2D eigenvalue weighted by molar-refractivity contribution is 7.93. The standard InChI is InChI=1S/C30H32N2O6S/c1-19(2)25-18-26(28(34)29(35)27(25)33)39(37,38)32(4)24-13-12-21-16-23(11-10-22(21)17-24)30(36)31(3)15-14-20-8-6-5-7-9-20/h5-13,16-19,33-35H,14-15H2,1-4H3. The summed E-state index contributed by atoms with van der Waals surface area (Å²) in [5.74, 6) is -2.75. The molecule has 4 aromatic rings. The van der Waals surface area contributed by atoms with Gasteiger partial charge in [0.25, 0.3) is 15.9 Å². The third kappa shape index (κ3) is 5.49. The number of phenolic OH excluding ortho intramolecular Hbond substituents is 3. The van der Waals surface area contributed by atoms with Crippen molar-refractivity contribution in [3.8, 4) is 17.2 Å². The van der Waals surface area contributed by atoms with Gasteiger partial charge in [-0.25, -0.2) is 8.42 Å². The molecule has 39 heavy (non-hydrogen) atoms. The average molecular weight is 549 g/mol. The number of aromatic hydroxyl groups is 3. The van der Waals surface area contributed by atoms with E-state index < -0.39 is 32.2 Å². The minimum Gasteiger partial charge on any atom is -0.504 e. The van der Waals surface area contributed by atoms with Crippen molar-refractivity contribution in [3.63, 3.8) is 0 Å². The Labute approximate surface area is 228 Å². The third-order valence-electron chi connectivity index (χ3n) is 6.86. The van der Waals surface area contributed by atoms with Crippen molar-refractivity contribution in [3.05, 3.63) is 89.5 Å². The summed E-state index contributed by atoms with van der Waals surface area (Å²) in [6.45, 7) is 4.03. The Hall–Kier alpha value is -4.24. The molecule has 0 aliphatic carbocycles. The summed E-state index contributed by atoms with van der Waals surface area (Å²) in [6, 6.07) is 21.4. The van der Waals surface area contributed by atoms with Crippen LogP contribution in [0.4, 0.5) is 5.69 Å². The van der Waals surface area contributed by atoms with Gasteiger partial charge in [-0.2, -0.15) is 0 Å². The molecule has 0 spiro atoms. The van der Waals surface area contributed by atoms with Crippen LogP contribution in [0.15, 0.2) is 77.7 Å². The van der Waals surface area contributed by atoms with Crippen LogP contribution >= 0.6 is 0 Å². The van der Waals surface area contributed by atoms with E-state index in [0.29, 0.717) is 17.8 Å². The Bertz CT molecular complexity index is 1630. The Morgan fingerprint density at radius 2 is 1.46 bits per heavy atom. The molecular formula is C30H32N2O6S. The van der Waals surface area contributed by atoms with E-state index in [2.05, 4.69) is 0 Å². The molecule has 8 nitrogen and oxygen atoms in total. The van der Waals surface area contributed by atoms with E-state index in [9.17, 15) is 28.5 Å². The predicted octanol–water partition coefficient (Wildman–Crippen LogP) is 5.22. The smallest absolute Gasteiger partial charge is 0.267 e. The molecule has 0 atom stereocenters. The monoisotopic (exact) mass is 548 g/mol. The van der Waals surface area contributed by atoms with Gasteiger partial charge in [0.2, 0.25) is 5.75 Å². The van der Waals surface area contributed by atoms with Crippen molar-refractivity contribution in [2.24, 2.45) is 0 Å². The van der Waals surface area contributed by atoms with Crippen LogP contribution in [0.1, 0.15) is 41.3 Å². The van der Waals surface area contributed by atoms with E-state index in [0.717, 1.165) is 27.1 Å². The molecule has 0 bridgehead atoms. The molecule has 9 heteroatoms. The lowest BCUT2D eigenvalue weighted by atomic mass is 10.0. The quantitative estimate of drug-likeness (QED) is 0.260. The first kappa shape index (κ1) is 27.8. The third-order valence-corrected chi connectivity index (χ3v) is 8.66. The van der Waals surface area contributed by atoms with Crippen LogP contribution in [0.2, 0.25) is 0 Å². The second-order valence-corrected chi connectivity index (χ2v) is 11.8. The molecule has 0 saturated heterocycles. The van der Waals surface area contributed by atoms with Gasteiger partial charge in [-0.1, -0.05) is 56.3 Å². The molecule has 0 saturated carbocycles. The van der Waals surface area contributed by atoms with Crippen molar-refractivity contribution in [2.75, 3.05) is 24.9 Å². The molecular weight excluding hydrogens is 516 g/mol. The Morgan fingerprint density at radius 3 is 2.13 bits per heavy atom. The highest BCUT2D eigenvalue weighted by Crippen LogP contribution is 2.45. The van der Waals surface area contributed by atoms with Crippen LogP contribution < -0.4 is 4.31 Å². The first-order valence-electron chi connectivity index (χ1n) is 12.5. The predicted molar refractivity (Wildman–Crippen MR) is 152 cm³/mol. The number of fused-ring (bicyclic) bond motifs is 1. The van der Waals surface area contributed by atoms with E-state index in [4.69, 9.17) is 0 Å². The van der Waals surface area contributed by atoms with E-state index in [1.54, 1.807) is 62.2 Å². The summed E-state index contributed by atoms with van der Waals surface area (Å²) < 4.78 is 27.9. The molecule has 4 aromatic carbocycles. The number of nitrogens with zero attached hydrogens (tertiary/aromatic N) is 2. The van der Waals surface area contributed by atoms with Crippen molar-refractivity contribution in [1.82, 2.24) is 4.90 Å². The maximum absolute atomic E-state index is 13.4. The van der Waals surface area contributed by atoms with Gasteiger partial charge in [0.05, 0.1) is 5.69 Å². The summed E-state index contributed by atoms with van der Waals surface area (Å²) in [7, 11) is -1.19. The number of amides is 1. The zero-order valence-electron chi connectivity index (χ0n) is 22.3. The summed E-state index contributed by atoms with van der Waals surface area (Å²) in [5, 5.41) is 32.2. The number of hydrogen-bond donors (Lipinski definition) is 3. The number of sulfonamides is 1. The summed E-state index contributed by atoms with van der Waals surface area (Å²) >= 11 is 0. The minimum atomic E-state index is -4.30. The van der Waals surface area contributed by atoms with Gasteiger partial charge in [0, 0.05) is 31.8 Å². The maximum atomic E-state index is 13.4. The topological polar surface area (TPSA) is 118 Å². The van der Waals surface area contributed by atoms with E-state index >= 15 is 0 Å². The van der Waals surface area contributed by atoms with Gasteiger partial charge in [0.15, 0.2) is 11.5 Å². The number of benzene rings is 4. The van der Waals surface area contributed by atoms with Gasteiger partial charge >= 0.3 is 0 Å². The van der Waals surface area contributed by atoms with Crippen molar-refractivity contribution >= 4 is 32.4 Å². The van der Waals surface area contributed by atoms with E-state index in [1.807, 2.05) is 30.3 Å². The first-order valence-corrected chi connectivity index (χ1v) is 14.0. The second-order valence-electron chi connectivity index (χ2n) is 9.85. The van der Waals surface area contributed by atoms with Crippen LogP contribution in [-0.2, 0) is 16.4 Å². The van der Waals surface area contributed by atoms with Crippen LogP contribution in [0.5, 0.6) is 17.2 Å². The van der Waals surface area contributed by atoms with Crippen LogP contribution in [0.25, 0.3) is 10.8 Å². The van der Waals surface area contributed by atoms with E-state index in [1.165, 1.54) is 13.1 Å². The van der Waals surface area contributed by atoms with Crippen LogP contribution in [-0.4, -0.2) is 55.2 Å². The molecule has 4 rings (SSSR count). The molecule has 204 valence electrons. The Balaban J connectivity index is 1.59. The molecule has 0 heterocycles. The van der Waals surface area contributed by atoms with Crippen molar-refractivity contribution in [1.29, 1.82) is 0 Å². The second kappa shape index (κ2) is 10.9. The van der Waals surface area contributed by atoms with Gasteiger partial charge in [0.1, 0.15) is 4.90 Å². The summed E-state index contributed by atoms with van der Waals surface area (Å²) in [6.07, 6.45) is 0.744. The largest absolute Gasteiger partial charge is 0.504 e. The fourth-order valence-electron chi connectivity index (χ4n) is 4.39. The zero-order chi connectivity index (χ0) is 28.5. The van der Waals surface area contributed by atoms with Crippen molar-refractivity contribution < 1.29 is 28.5 Å². The number of carbonyl (C=O) groups is 1. The number of rotatable bonds is 8. The number of carbonyl (C=O) groups excluding carboxylic acids is 1. The lowest BCUT2D eigenvalue weighted by molar-refractivity contribution is 0.0796. The van der Waals surface area contributed by atoms with Gasteiger partial charge in [-0.05, 0) is 59.0 Å². The highest BCUT2D eigenvalue weighted by Gasteiger charge is 2.30. The summed E-state index contributed by atoms with van der Waals surface area (Å²) in [5.41, 5.74) is 2.19. The zero-order valence-corrected chi connectivity index (χ0v) is 23.1. The molecule has 0 unspecified atom stereocenters. The van der Waals surface area contributed by atoms with Crippen LogP contribution in [0.3, 0.4) is 0 Å². The molecule has 0 aliphatic rings. The van der Waals surface area contributed by atoms with Gasteiger partial charge in [-0.3, -0.25) is 9.10 Å². The minimum absolute atomic E-state index is 0.111. The number of phenols is 3. The van der Waals surface area contributed by atoms with Gasteiger partial charge < -0.3 is 20.2 Å². The fourth-order valence-corrected chi connectivity index (χ4v) is 5.70. The fraction of sp³-hybridized carbons (Fsp3) is 0.233. The van der Waals surface area contributed by atoms with E-state index in [-0.39, 0.29) is 17.4 Å². The number of likely N-dealkylation sites (N-methyl/N-ethyl adjacent to an activating group) is 1. The molecule has 3 N–H and O–H groups in total. The Morgan fingerprint density at radius 1 is 0.821 bits per heavy atom. The molecule has 1 amide bonds. The Kier molecular flexibility index (Phi) is 7.74. The lowest BCUT2D eigenvalue weighted by Crippen LogP contribution is -2.28. The number of anilines is 1. The number of hydrogen-bond acceptors (Lipinski definition) is 6. The first-order chi connectivity index (χ1) is 18.4. The normalized spacial score (nSPS) is 11.6. The molecule has 0 aromatic heterocycles. The molecule has 0 fully saturated rings. The molecule has 0 radical (unpaired) electrons. The van der Waals surface area contributed by atoms with Crippen molar-refractivity contribution in [2.45, 2.75) is 31.1 Å². The van der Waals surface area contributed by atoms with Gasteiger partial charge in [-0.15, -0.1) is 0 Å². The lowest BCUT2D eigenvalue weighted by Gasteiger charge is -2.22. The molecule has 0 aliphatic heterocycles. The van der Waals surface area contributed by atoms with Crippen LogP contribution in [0, 0.1) is 0 Å². The highest BCUT2D eigenvalue weighted by atomic mass is 32.2. The average Bonchev–Trinajstić information content (AvgIpc) is 2.93.